The molecule has 0 atom stereocenters. The van der Waals surface area contributed by atoms with Crippen molar-refractivity contribution < 1.29 is 19.0 Å². The number of hydrogen-bond donors (Lipinski definition) is 1. The smallest absolute Gasteiger partial charge is 0.267 e. The molecule has 140 valence electrons. The van der Waals surface area contributed by atoms with Gasteiger partial charge in [-0.2, -0.15) is 0 Å². The lowest BCUT2D eigenvalue weighted by atomic mass is 10.2. The van der Waals surface area contributed by atoms with Gasteiger partial charge in [-0.05, 0) is 43.3 Å². The van der Waals surface area contributed by atoms with E-state index in [1.807, 2.05) is 31.2 Å². The fourth-order valence-corrected chi connectivity index (χ4v) is 3.51. The highest BCUT2D eigenvalue weighted by molar-refractivity contribution is 7.17. The van der Waals surface area contributed by atoms with Gasteiger partial charge in [-0.15, -0.1) is 11.3 Å². The molecule has 0 bridgehead atoms. The van der Waals surface area contributed by atoms with E-state index >= 15 is 0 Å². The molecule has 0 aliphatic heterocycles. The number of ether oxygens (including phenoxy) is 3. The Morgan fingerprint density at radius 2 is 1.63 bits per heavy atom. The second-order valence-corrected chi connectivity index (χ2v) is 6.68. The summed E-state index contributed by atoms with van der Waals surface area (Å²) in [5, 5.41) is 3.66. The molecule has 0 aliphatic carbocycles. The minimum absolute atomic E-state index is 0.228. The maximum atomic E-state index is 12.8. The molecule has 2 aromatic carbocycles. The van der Waals surface area contributed by atoms with Gasteiger partial charge in [0.2, 0.25) is 0 Å². The van der Waals surface area contributed by atoms with Crippen LogP contribution in [0.1, 0.15) is 15.4 Å². The minimum atomic E-state index is -0.228. The molecule has 0 radical (unpaired) electrons. The molecular formula is C20H20N2O4S. The van der Waals surface area contributed by atoms with Crippen molar-refractivity contribution in [3.63, 3.8) is 0 Å². The zero-order valence-electron chi connectivity index (χ0n) is 15.5. The summed E-state index contributed by atoms with van der Waals surface area (Å²) in [4.78, 5) is 17.8. The van der Waals surface area contributed by atoms with E-state index < -0.39 is 0 Å². The molecule has 1 amide bonds. The van der Waals surface area contributed by atoms with Crippen LogP contribution in [-0.4, -0.2) is 32.2 Å². The van der Waals surface area contributed by atoms with E-state index in [2.05, 4.69) is 10.3 Å². The number of nitrogens with zero attached hydrogens (tertiary/aromatic N) is 1. The number of benzene rings is 2. The SMILES string of the molecule is COc1ccc(-c2nc(C)c(C(=O)Nc3ccc(OC)cc3OC)s2)cc1. The lowest BCUT2D eigenvalue weighted by Gasteiger charge is -2.11. The molecule has 3 rings (SSSR count). The van der Waals surface area contributed by atoms with Gasteiger partial charge in [0, 0.05) is 11.6 Å². The van der Waals surface area contributed by atoms with Crippen molar-refractivity contribution in [1.82, 2.24) is 4.98 Å². The number of hydrogen-bond acceptors (Lipinski definition) is 6. The van der Waals surface area contributed by atoms with Gasteiger partial charge in [0.25, 0.3) is 5.91 Å². The Kier molecular flexibility index (Phi) is 5.61. The fourth-order valence-electron chi connectivity index (χ4n) is 2.55. The van der Waals surface area contributed by atoms with E-state index in [0.29, 0.717) is 27.8 Å². The average Bonchev–Trinajstić information content (AvgIpc) is 3.10. The number of thiazole rings is 1. The number of aryl methyl sites for hydroxylation is 1. The third kappa shape index (κ3) is 4.03. The Bertz CT molecular complexity index is 951. The predicted octanol–water partition coefficient (Wildman–Crippen LogP) is 4.40. The van der Waals surface area contributed by atoms with Crippen LogP contribution >= 0.6 is 11.3 Å². The average molecular weight is 384 g/mol. The molecule has 0 unspecified atom stereocenters. The molecule has 1 heterocycles. The topological polar surface area (TPSA) is 69.7 Å². The number of anilines is 1. The lowest BCUT2D eigenvalue weighted by Crippen LogP contribution is -2.12. The molecule has 3 aromatic rings. The summed E-state index contributed by atoms with van der Waals surface area (Å²) in [5.74, 6) is 1.73. The molecule has 0 spiro atoms. The molecule has 0 fully saturated rings. The Balaban J connectivity index is 1.84. The van der Waals surface area contributed by atoms with Gasteiger partial charge in [0.15, 0.2) is 0 Å². The van der Waals surface area contributed by atoms with Crippen molar-refractivity contribution in [2.75, 3.05) is 26.6 Å². The van der Waals surface area contributed by atoms with Gasteiger partial charge < -0.3 is 19.5 Å². The van der Waals surface area contributed by atoms with E-state index in [9.17, 15) is 4.79 Å². The van der Waals surface area contributed by atoms with Crippen molar-refractivity contribution in [3.8, 4) is 27.8 Å². The summed E-state index contributed by atoms with van der Waals surface area (Å²) >= 11 is 1.35. The molecule has 0 aliphatic rings. The highest BCUT2D eigenvalue weighted by atomic mass is 32.1. The van der Waals surface area contributed by atoms with Gasteiger partial charge in [0.05, 0.1) is 32.7 Å². The zero-order chi connectivity index (χ0) is 19.4. The minimum Gasteiger partial charge on any atom is -0.497 e. The first-order valence-corrected chi connectivity index (χ1v) is 9.02. The second kappa shape index (κ2) is 8.09. The number of carbonyl (C=O) groups is 1. The van der Waals surface area contributed by atoms with Gasteiger partial charge in [0.1, 0.15) is 27.1 Å². The normalized spacial score (nSPS) is 10.4. The van der Waals surface area contributed by atoms with Crippen LogP contribution in [0.5, 0.6) is 17.2 Å². The van der Waals surface area contributed by atoms with Crippen LogP contribution in [0.3, 0.4) is 0 Å². The van der Waals surface area contributed by atoms with Gasteiger partial charge in [-0.25, -0.2) is 4.98 Å². The molecule has 1 aromatic heterocycles. The van der Waals surface area contributed by atoms with Gasteiger partial charge in [-0.3, -0.25) is 4.79 Å². The standard InChI is InChI=1S/C20H20N2O4S/c1-12-18(27-20(21-12)13-5-7-14(24-2)8-6-13)19(23)22-16-10-9-15(25-3)11-17(16)26-4/h5-11H,1-4H3,(H,22,23). The first-order valence-electron chi connectivity index (χ1n) is 8.21. The molecule has 0 saturated heterocycles. The Morgan fingerprint density at radius 3 is 2.26 bits per heavy atom. The molecule has 7 heteroatoms. The van der Waals surface area contributed by atoms with Crippen LogP contribution in [0.15, 0.2) is 42.5 Å². The van der Waals surface area contributed by atoms with Crippen molar-refractivity contribution >= 4 is 22.9 Å². The van der Waals surface area contributed by atoms with Crippen LogP contribution in [0.2, 0.25) is 0 Å². The maximum absolute atomic E-state index is 12.8. The number of carbonyl (C=O) groups excluding carboxylic acids is 1. The Morgan fingerprint density at radius 1 is 0.963 bits per heavy atom. The Hall–Kier alpha value is -3.06. The summed E-state index contributed by atoms with van der Waals surface area (Å²) in [6.07, 6.45) is 0. The number of amides is 1. The van der Waals surface area contributed by atoms with Crippen LogP contribution < -0.4 is 19.5 Å². The van der Waals surface area contributed by atoms with E-state index in [1.54, 1.807) is 39.5 Å². The first kappa shape index (κ1) is 18.7. The number of methoxy groups -OCH3 is 3. The maximum Gasteiger partial charge on any atom is 0.267 e. The highest BCUT2D eigenvalue weighted by Gasteiger charge is 2.18. The first-order chi connectivity index (χ1) is 13.0. The van der Waals surface area contributed by atoms with Crippen molar-refractivity contribution in [2.24, 2.45) is 0 Å². The van der Waals surface area contributed by atoms with Crippen LogP contribution in [0.25, 0.3) is 10.6 Å². The molecule has 27 heavy (non-hydrogen) atoms. The third-order valence-electron chi connectivity index (χ3n) is 4.00. The van der Waals surface area contributed by atoms with Crippen molar-refractivity contribution in [3.05, 3.63) is 53.0 Å². The van der Waals surface area contributed by atoms with Crippen LogP contribution in [0.4, 0.5) is 5.69 Å². The molecular weight excluding hydrogens is 364 g/mol. The third-order valence-corrected chi connectivity index (χ3v) is 5.20. The summed E-state index contributed by atoms with van der Waals surface area (Å²) in [6.45, 7) is 1.82. The highest BCUT2D eigenvalue weighted by Crippen LogP contribution is 2.32. The fraction of sp³-hybridized carbons (Fsp3) is 0.200. The van der Waals surface area contributed by atoms with Crippen molar-refractivity contribution in [2.45, 2.75) is 6.92 Å². The van der Waals surface area contributed by atoms with Gasteiger partial charge >= 0.3 is 0 Å². The summed E-state index contributed by atoms with van der Waals surface area (Å²) in [7, 11) is 4.75. The van der Waals surface area contributed by atoms with Gasteiger partial charge in [-0.1, -0.05) is 0 Å². The molecule has 6 nitrogen and oxygen atoms in total. The largest absolute Gasteiger partial charge is 0.497 e. The summed E-state index contributed by atoms with van der Waals surface area (Å²) < 4.78 is 15.7. The number of aromatic nitrogens is 1. The second-order valence-electron chi connectivity index (χ2n) is 5.68. The van der Waals surface area contributed by atoms with Crippen molar-refractivity contribution in [1.29, 1.82) is 0 Å². The summed E-state index contributed by atoms with van der Waals surface area (Å²) in [5.41, 5.74) is 2.18. The number of rotatable bonds is 6. The predicted molar refractivity (Wildman–Crippen MR) is 106 cm³/mol. The molecule has 0 saturated carbocycles. The van der Waals surface area contributed by atoms with E-state index in [1.165, 1.54) is 11.3 Å². The lowest BCUT2D eigenvalue weighted by molar-refractivity contribution is 0.102. The molecule has 1 N–H and O–H groups in total. The summed E-state index contributed by atoms with van der Waals surface area (Å²) in [6, 6.07) is 12.8. The number of nitrogens with one attached hydrogen (secondary N) is 1. The van der Waals surface area contributed by atoms with Crippen LogP contribution in [-0.2, 0) is 0 Å². The quantitative estimate of drug-likeness (QED) is 0.682. The monoisotopic (exact) mass is 384 g/mol. The van der Waals surface area contributed by atoms with E-state index in [0.717, 1.165) is 16.3 Å². The van der Waals surface area contributed by atoms with E-state index in [-0.39, 0.29) is 5.91 Å². The van der Waals surface area contributed by atoms with E-state index in [4.69, 9.17) is 14.2 Å². The van der Waals surface area contributed by atoms with Crippen LogP contribution in [0, 0.1) is 6.92 Å². The Labute approximate surface area is 161 Å². The zero-order valence-corrected chi connectivity index (χ0v) is 16.3.